The van der Waals surface area contributed by atoms with Gasteiger partial charge in [0.1, 0.15) is 0 Å². The highest BCUT2D eigenvalue weighted by molar-refractivity contribution is 6.20. The molecular weight excluding hydrogens is 821 g/mol. The van der Waals surface area contributed by atoms with Gasteiger partial charge in [-0.15, -0.1) is 0 Å². The maximum Gasteiger partial charge on any atom is 0.0468 e. The van der Waals surface area contributed by atoms with Crippen LogP contribution in [-0.2, 0) is 0 Å². The molecule has 1 aliphatic carbocycles. The molecule has 322 valence electrons. The second-order valence-corrected chi connectivity index (χ2v) is 17.6. The van der Waals surface area contributed by atoms with Gasteiger partial charge in [0.15, 0.2) is 0 Å². The summed E-state index contributed by atoms with van der Waals surface area (Å²) in [6.07, 6.45) is 6.64. The fourth-order valence-corrected chi connectivity index (χ4v) is 10.3. The van der Waals surface area contributed by atoms with Gasteiger partial charge in [-0.3, -0.25) is 0 Å². The minimum Gasteiger partial charge on any atom is -0.310 e. The molecule has 0 unspecified atom stereocenters. The van der Waals surface area contributed by atoms with Gasteiger partial charge < -0.3 is 9.80 Å². The lowest BCUT2D eigenvalue weighted by atomic mass is 9.82. The summed E-state index contributed by atoms with van der Waals surface area (Å²) in [4.78, 5) is 4.79. The molecule has 0 spiro atoms. The van der Waals surface area contributed by atoms with Crippen LogP contribution in [0, 0.1) is 0 Å². The smallest absolute Gasteiger partial charge is 0.0468 e. The normalized spacial score (nSPS) is 12.5. The van der Waals surface area contributed by atoms with E-state index in [1.165, 1.54) is 76.8 Å². The number of nitrogens with zero attached hydrogens (tertiary/aromatic N) is 2. The fourth-order valence-electron chi connectivity index (χ4n) is 10.3. The van der Waals surface area contributed by atoms with Crippen molar-refractivity contribution in [3.8, 4) is 22.3 Å². The van der Waals surface area contributed by atoms with E-state index in [1.54, 1.807) is 0 Å². The minimum atomic E-state index is 0.926. The van der Waals surface area contributed by atoms with Crippen molar-refractivity contribution in [3.63, 3.8) is 0 Å². The van der Waals surface area contributed by atoms with Gasteiger partial charge in [-0.05, 0) is 162 Å². The molecule has 1 aliphatic rings. The molecule has 68 heavy (non-hydrogen) atoms. The Morgan fingerprint density at radius 3 is 1.19 bits per heavy atom. The van der Waals surface area contributed by atoms with E-state index < -0.39 is 0 Å². The second-order valence-electron chi connectivity index (χ2n) is 17.6. The Morgan fingerprint density at radius 1 is 0.235 bits per heavy atom. The van der Waals surface area contributed by atoms with Gasteiger partial charge in [0.05, 0.1) is 0 Å². The number of hydrogen-bond donors (Lipinski definition) is 0. The van der Waals surface area contributed by atoms with Crippen molar-refractivity contribution in [1.82, 2.24) is 0 Å². The lowest BCUT2D eigenvalue weighted by Gasteiger charge is -2.29. The zero-order valence-electron chi connectivity index (χ0n) is 37.7. The Hall–Kier alpha value is -8.72. The lowest BCUT2D eigenvalue weighted by Crippen LogP contribution is -2.10. The third-order valence-electron chi connectivity index (χ3n) is 13.5. The molecule has 0 N–H and O–H groups in total. The van der Waals surface area contributed by atoms with Crippen LogP contribution in [0.5, 0.6) is 0 Å². The molecule has 12 rings (SSSR count). The molecule has 0 heterocycles. The molecule has 2 nitrogen and oxygen atoms in total. The molecule has 0 radical (unpaired) electrons. The summed E-state index contributed by atoms with van der Waals surface area (Å²) in [5.41, 5.74) is 16.8. The number of benzene rings is 11. The first kappa shape index (κ1) is 40.8. The van der Waals surface area contributed by atoms with E-state index in [0.717, 1.165) is 47.0 Å². The van der Waals surface area contributed by atoms with Crippen molar-refractivity contribution in [1.29, 1.82) is 0 Å². The summed E-state index contributed by atoms with van der Waals surface area (Å²) in [7, 11) is 0. The van der Waals surface area contributed by atoms with Crippen molar-refractivity contribution >= 4 is 77.6 Å². The molecule has 0 aliphatic heterocycles. The van der Waals surface area contributed by atoms with Gasteiger partial charge in [-0.25, -0.2) is 0 Å². The van der Waals surface area contributed by atoms with E-state index in [0.29, 0.717) is 0 Å². The Kier molecular flexibility index (Phi) is 10.7. The van der Waals surface area contributed by atoms with Crippen molar-refractivity contribution in [3.05, 3.63) is 278 Å². The molecule has 11 aromatic carbocycles. The maximum atomic E-state index is 2.46. The SMILES string of the molecule is C1=C(c2ccccc2)CCC(c2c3cc(N(c4ccccc4)c4ccc5ccccc5c4)ccc3c(-c3ccc(-c4ccccc4)cc3)c3cc(N(c4ccccc4)c4ccccc4)ccc23)=C1. The first-order chi connectivity index (χ1) is 33.7. The Balaban J connectivity index is 1.15. The number of allylic oxidation sites excluding steroid dienone is 4. The number of para-hydroxylation sites is 3. The van der Waals surface area contributed by atoms with Crippen molar-refractivity contribution in [2.75, 3.05) is 9.80 Å². The van der Waals surface area contributed by atoms with Crippen LogP contribution in [0.1, 0.15) is 24.0 Å². The number of fused-ring (bicyclic) bond motifs is 3. The average molecular weight is 869 g/mol. The summed E-state index contributed by atoms with van der Waals surface area (Å²) in [6.45, 7) is 0. The molecule has 11 aromatic rings. The molecule has 0 bridgehead atoms. The van der Waals surface area contributed by atoms with Gasteiger partial charge in [0.2, 0.25) is 0 Å². The van der Waals surface area contributed by atoms with Crippen LogP contribution < -0.4 is 9.80 Å². The van der Waals surface area contributed by atoms with Crippen LogP contribution in [0.2, 0.25) is 0 Å². The van der Waals surface area contributed by atoms with Crippen LogP contribution in [-0.4, -0.2) is 0 Å². The van der Waals surface area contributed by atoms with Crippen LogP contribution >= 0.6 is 0 Å². The molecule has 0 fully saturated rings. The van der Waals surface area contributed by atoms with Gasteiger partial charge in [0.25, 0.3) is 0 Å². The lowest BCUT2D eigenvalue weighted by molar-refractivity contribution is 1.08. The van der Waals surface area contributed by atoms with Crippen LogP contribution in [0.15, 0.2) is 267 Å². The van der Waals surface area contributed by atoms with Gasteiger partial charge in [0, 0.05) is 34.1 Å². The largest absolute Gasteiger partial charge is 0.310 e. The first-order valence-electron chi connectivity index (χ1n) is 23.6. The zero-order chi connectivity index (χ0) is 45.2. The number of rotatable bonds is 10. The molecule has 0 amide bonds. The summed E-state index contributed by atoms with van der Waals surface area (Å²) in [5.74, 6) is 0. The number of anilines is 6. The molecule has 0 aromatic heterocycles. The predicted octanol–water partition coefficient (Wildman–Crippen LogP) is 18.7. The number of hydrogen-bond acceptors (Lipinski definition) is 2. The van der Waals surface area contributed by atoms with Crippen LogP contribution in [0.3, 0.4) is 0 Å². The van der Waals surface area contributed by atoms with E-state index >= 15 is 0 Å². The highest BCUT2D eigenvalue weighted by Gasteiger charge is 2.24. The summed E-state index contributed by atoms with van der Waals surface area (Å²) >= 11 is 0. The third kappa shape index (κ3) is 7.72. The highest BCUT2D eigenvalue weighted by atomic mass is 15.1. The van der Waals surface area contributed by atoms with E-state index in [-0.39, 0.29) is 0 Å². The molecule has 0 saturated carbocycles. The fraction of sp³-hybridized carbons (Fsp3) is 0.0303. The Bertz CT molecular complexity index is 3600. The second kappa shape index (κ2) is 17.9. The van der Waals surface area contributed by atoms with Crippen LogP contribution in [0.25, 0.3) is 65.7 Å². The first-order valence-corrected chi connectivity index (χ1v) is 23.6. The zero-order valence-corrected chi connectivity index (χ0v) is 37.7. The Morgan fingerprint density at radius 2 is 0.632 bits per heavy atom. The minimum absolute atomic E-state index is 0.926. The van der Waals surface area contributed by atoms with Crippen molar-refractivity contribution in [2.24, 2.45) is 0 Å². The standard InChI is InChI=1S/C66H48N2/c1-6-18-47(19-7-1)50-30-34-52(35-31-50)65-62-43-41-60(68(57-28-14-5-15-29-57)58-39-38-49-22-16-17-23-54(49)44-58)46-64(62)66(53-36-32-51(33-37-53)48-20-8-2-9-21-48)61-42-40-59(45-63(61)65)67(55-24-10-3-11-25-55)56-26-12-4-13-27-56/h1-32,34-36,38-46H,33,37H2. The van der Waals surface area contributed by atoms with E-state index in [4.69, 9.17) is 0 Å². The van der Waals surface area contributed by atoms with Gasteiger partial charge in [-0.2, -0.15) is 0 Å². The van der Waals surface area contributed by atoms with E-state index in [2.05, 4.69) is 277 Å². The highest BCUT2D eigenvalue weighted by Crippen LogP contribution is 2.49. The molecule has 2 heteroatoms. The van der Waals surface area contributed by atoms with Gasteiger partial charge in [-0.1, -0.05) is 194 Å². The van der Waals surface area contributed by atoms with E-state index in [1.807, 2.05) is 0 Å². The average Bonchev–Trinajstić information content (AvgIpc) is 3.42. The van der Waals surface area contributed by atoms with Crippen molar-refractivity contribution < 1.29 is 0 Å². The summed E-state index contributed by atoms with van der Waals surface area (Å²) in [6, 6.07) is 92.8. The van der Waals surface area contributed by atoms with Gasteiger partial charge >= 0.3 is 0 Å². The van der Waals surface area contributed by atoms with E-state index in [9.17, 15) is 0 Å². The maximum absolute atomic E-state index is 2.46. The third-order valence-corrected chi connectivity index (χ3v) is 13.5. The van der Waals surface area contributed by atoms with Crippen LogP contribution in [0.4, 0.5) is 34.1 Å². The summed E-state index contributed by atoms with van der Waals surface area (Å²) in [5, 5.41) is 7.35. The summed E-state index contributed by atoms with van der Waals surface area (Å²) < 4.78 is 0. The molecule has 0 saturated heterocycles. The quantitative estimate of drug-likeness (QED) is 0.126. The topological polar surface area (TPSA) is 6.48 Å². The Labute approximate surface area is 398 Å². The monoisotopic (exact) mass is 868 g/mol. The van der Waals surface area contributed by atoms with Crippen molar-refractivity contribution in [2.45, 2.75) is 12.8 Å². The predicted molar refractivity (Wildman–Crippen MR) is 291 cm³/mol. The molecular formula is C66H48N2. The molecule has 0 atom stereocenters.